The van der Waals surface area contributed by atoms with E-state index in [-0.39, 0.29) is 42.1 Å². The van der Waals surface area contributed by atoms with E-state index in [1.165, 1.54) is 17.2 Å². The highest BCUT2D eigenvalue weighted by molar-refractivity contribution is 7.89. The molecule has 1 unspecified atom stereocenters. The number of pyridine rings is 1. The van der Waals surface area contributed by atoms with Crippen molar-refractivity contribution in [2.45, 2.75) is 6.42 Å². The Morgan fingerprint density at radius 3 is 2.89 bits per heavy atom. The molecule has 0 aliphatic carbocycles. The van der Waals surface area contributed by atoms with Crippen LogP contribution in [-0.2, 0) is 14.8 Å². The van der Waals surface area contributed by atoms with Crippen molar-refractivity contribution in [2.24, 2.45) is 11.1 Å². The predicted molar refractivity (Wildman–Crippen MR) is 64.3 cm³/mol. The van der Waals surface area contributed by atoms with Gasteiger partial charge in [-0.1, -0.05) is 0 Å². The third-order valence-electron chi connectivity index (χ3n) is 2.69. The summed E-state index contributed by atoms with van der Waals surface area (Å²) >= 11 is 0. The fourth-order valence-corrected chi connectivity index (χ4v) is 2.90. The molecule has 1 atom stereocenters. The van der Waals surface area contributed by atoms with Crippen molar-refractivity contribution in [3.8, 4) is 5.75 Å². The van der Waals surface area contributed by atoms with Crippen LogP contribution in [0.25, 0.3) is 0 Å². The van der Waals surface area contributed by atoms with Crippen molar-refractivity contribution in [2.75, 3.05) is 17.2 Å². The zero-order valence-corrected chi connectivity index (χ0v) is 10.3. The quantitative estimate of drug-likeness (QED) is 0.764. The van der Waals surface area contributed by atoms with E-state index in [9.17, 15) is 18.3 Å². The lowest BCUT2D eigenvalue weighted by Gasteiger charge is -2.16. The van der Waals surface area contributed by atoms with Crippen LogP contribution in [0.15, 0.2) is 18.3 Å². The maximum Gasteiger partial charge on any atom is 0.228 e. The molecule has 1 aliphatic heterocycles. The number of primary sulfonamides is 1. The van der Waals surface area contributed by atoms with Crippen molar-refractivity contribution in [1.29, 1.82) is 0 Å². The first-order chi connectivity index (χ1) is 8.37. The van der Waals surface area contributed by atoms with Gasteiger partial charge in [0.25, 0.3) is 0 Å². The molecule has 1 aliphatic rings. The standard InChI is InChI=1S/C10H13N3O4S/c11-18(16,17)6-7-4-9(15)13(5-7)10-8(14)2-1-3-12-10/h1-3,7,14H,4-6H2,(H2,11,16,17). The van der Waals surface area contributed by atoms with Crippen molar-refractivity contribution >= 4 is 21.7 Å². The third-order valence-corrected chi connectivity index (χ3v) is 3.63. The number of nitrogens with zero attached hydrogens (tertiary/aromatic N) is 2. The molecule has 98 valence electrons. The molecule has 2 heterocycles. The first-order valence-electron chi connectivity index (χ1n) is 5.31. The highest BCUT2D eigenvalue weighted by Crippen LogP contribution is 2.30. The second kappa shape index (κ2) is 4.54. The van der Waals surface area contributed by atoms with Crippen LogP contribution in [0.4, 0.5) is 5.82 Å². The molecular formula is C10H13N3O4S. The topological polar surface area (TPSA) is 114 Å². The molecule has 0 radical (unpaired) electrons. The summed E-state index contributed by atoms with van der Waals surface area (Å²) in [6.07, 6.45) is 1.54. The molecule has 2 rings (SSSR count). The fourth-order valence-electron chi connectivity index (χ4n) is 2.02. The highest BCUT2D eigenvalue weighted by Gasteiger charge is 2.34. The summed E-state index contributed by atoms with van der Waals surface area (Å²) in [4.78, 5) is 17.0. The zero-order chi connectivity index (χ0) is 13.3. The summed E-state index contributed by atoms with van der Waals surface area (Å²) in [7, 11) is -3.61. The first-order valence-corrected chi connectivity index (χ1v) is 7.03. The van der Waals surface area contributed by atoms with Gasteiger partial charge < -0.3 is 5.11 Å². The summed E-state index contributed by atoms with van der Waals surface area (Å²) in [5, 5.41) is 14.6. The summed E-state index contributed by atoms with van der Waals surface area (Å²) in [6.45, 7) is 0.194. The molecule has 8 heteroatoms. The van der Waals surface area contributed by atoms with Gasteiger partial charge in [-0.25, -0.2) is 18.5 Å². The molecule has 1 fully saturated rings. The van der Waals surface area contributed by atoms with E-state index in [4.69, 9.17) is 5.14 Å². The van der Waals surface area contributed by atoms with E-state index < -0.39 is 10.0 Å². The number of carbonyl (C=O) groups is 1. The van der Waals surface area contributed by atoms with Crippen molar-refractivity contribution < 1.29 is 18.3 Å². The minimum atomic E-state index is -3.61. The number of aromatic nitrogens is 1. The second-order valence-corrected chi connectivity index (χ2v) is 5.91. The van der Waals surface area contributed by atoms with Gasteiger partial charge in [-0.05, 0) is 12.1 Å². The Balaban J connectivity index is 2.18. The maximum absolute atomic E-state index is 11.8. The van der Waals surface area contributed by atoms with Crippen LogP contribution in [0.2, 0.25) is 0 Å². The van der Waals surface area contributed by atoms with Crippen molar-refractivity contribution in [3.63, 3.8) is 0 Å². The lowest BCUT2D eigenvalue weighted by molar-refractivity contribution is -0.117. The number of aromatic hydroxyl groups is 1. The third kappa shape index (κ3) is 2.77. The van der Waals surface area contributed by atoms with Crippen molar-refractivity contribution in [1.82, 2.24) is 4.98 Å². The first kappa shape index (κ1) is 12.8. The molecule has 18 heavy (non-hydrogen) atoms. The highest BCUT2D eigenvalue weighted by atomic mass is 32.2. The second-order valence-electron chi connectivity index (χ2n) is 4.25. The van der Waals surface area contributed by atoms with Crippen LogP contribution in [0.1, 0.15) is 6.42 Å². The molecule has 7 nitrogen and oxygen atoms in total. The Labute approximate surface area is 104 Å². The number of amides is 1. The largest absolute Gasteiger partial charge is 0.504 e. The lowest BCUT2D eigenvalue weighted by Crippen LogP contribution is -2.28. The maximum atomic E-state index is 11.8. The molecule has 0 spiro atoms. The minimum Gasteiger partial charge on any atom is -0.504 e. The van der Waals surface area contributed by atoms with Crippen LogP contribution in [0.5, 0.6) is 5.75 Å². The van der Waals surface area contributed by atoms with E-state index in [2.05, 4.69) is 4.98 Å². The molecule has 1 aromatic rings. The Morgan fingerprint density at radius 1 is 1.56 bits per heavy atom. The minimum absolute atomic E-state index is 0.0897. The van der Waals surface area contributed by atoms with Gasteiger partial charge in [-0.2, -0.15) is 0 Å². The molecule has 0 saturated carbocycles. The average molecular weight is 271 g/mol. The van der Waals surface area contributed by atoms with Gasteiger partial charge in [0.2, 0.25) is 15.9 Å². The van der Waals surface area contributed by atoms with Gasteiger partial charge in [0.1, 0.15) is 0 Å². The normalized spacial score (nSPS) is 20.4. The molecular weight excluding hydrogens is 258 g/mol. The lowest BCUT2D eigenvalue weighted by atomic mass is 10.1. The van der Waals surface area contributed by atoms with Gasteiger partial charge in [-0.15, -0.1) is 0 Å². The van der Waals surface area contributed by atoms with Crippen LogP contribution in [0.3, 0.4) is 0 Å². The average Bonchev–Trinajstić information content (AvgIpc) is 2.57. The molecule has 3 N–H and O–H groups in total. The molecule has 0 aromatic carbocycles. The number of hydrogen-bond acceptors (Lipinski definition) is 5. The van der Waals surface area contributed by atoms with Crippen LogP contribution < -0.4 is 10.0 Å². The number of rotatable bonds is 3. The van der Waals surface area contributed by atoms with Gasteiger partial charge in [0.05, 0.1) is 5.75 Å². The fraction of sp³-hybridized carbons (Fsp3) is 0.400. The Kier molecular flexibility index (Phi) is 3.22. The Morgan fingerprint density at radius 2 is 2.28 bits per heavy atom. The van der Waals surface area contributed by atoms with Gasteiger partial charge in [0.15, 0.2) is 11.6 Å². The number of sulfonamides is 1. The summed E-state index contributed by atoms with van der Waals surface area (Å²) in [6, 6.07) is 2.96. The number of anilines is 1. The van der Waals surface area contributed by atoms with E-state index >= 15 is 0 Å². The summed E-state index contributed by atoms with van der Waals surface area (Å²) < 4.78 is 22.0. The van der Waals surface area contributed by atoms with Crippen LogP contribution >= 0.6 is 0 Å². The van der Waals surface area contributed by atoms with E-state index in [0.29, 0.717) is 0 Å². The zero-order valence-electron chi connectivity index (χ0n) is 9.48. The Hall–Kier alpha value is -1.67. The summed E-state index contributed by atoms with van der Waals surface area (Å²) in [5.41, 5.74) is 0. The molecule has 1 saturated heterocycles. The number of carbonyl (C=O) groups excluding carboxylic acids is 1. The molecule has 0 bridgehead atoms. The van der Waals surface area contributed by atoms with Crippen LogP contribution in [0, 0.1) is 5.92 Å². The van der Waals surface area contributed by atoms with E-state index in [0.717, 1.165) is 0 Å². The Bertz CT molecular complexity index is 572. The van der Waals surface area contributed by atoms with Crippen molar-refractivity contribution in [3.05, 3.63) is 18.3 Å². The smallest absolute Gasteiger partial charge is 0.228 e. The predicted octanol–water partition coefficient (Wildman–Crippen LogP) is -0.571. The monoisotopic (exact) mass is 271 g/mol. The van der Waals surface area contributed by atoms with Gasteiger partial charge in [0, 0.05) is 25.1 Å². The van der Waals surface area contributed by atoms with Crippen LogP contribution in [-0.4, -0.2) is 36.7 Å². The van der Waals surface area contributed by atoms with Gasteiger partial charge >= 0.3 is 0 Å². The summed E-state index contributed by atoms with van der Waals surface area (Å²) in [5.74, 6) is -0.837. The molecule has 1 amide bonds. The number of hydrogen-bond donors (Lipinski definition) is 2. The van der Waals surface area contributed by atoms with Gasteiger partial charge in [-0.3, -0.25) is 9.69 Å². The SMILES string of the molecule is NS(=O)(=O)CC1CC(=O)N(c2ncccc2O)C1. The van der Waals surface area contributed by atoms with E-state index in [1.54, 1.807) is 6.07 Å². The molecule has 1 aromatic heterocycles. The van der Waals surface area contributed by atoms with E-state index in [1.807, 2.05) is 0 Å². The number of nitrogens with two attached hydrogens (primary N) is 1.